The molecule has 4 rings (SSSR count). The van der Waals surface area contributed by atoms with E-state index in [1.807, 2.05) is 36.4 Å². The van der Waals surface area contributed by atoms with Crippen LogP contribution in [0.3, 0.4) is 0 Å². The molecule has 0 saturated carbocycles. The summed E-state index contributed by atoms with van der Waals surface area (Å²) < 4.78 is 21.6. The highest BCUT2D eigenvalue weighted by Crippen LogP contribution is 2.40. The fraction of sp³-hybridized carbons (Fsp3) is 0.286. The number of pyridine rings is 2. The van der Waals surface area contributed by atoms with Crippen molar-refractivity contribution in [3.8, 4) is 22.8 Å². The number of hydrogen-bond donors (Lipinski definition) is 0. The van der Waals surface area contributed by atoms with E-state index in [-0.39, 0.29) is 19.6 Å². The number of carbonyl (C=O) groups is 2. The first-order valence-electron chi connectivity index (χ1n) is 11.7. The molecule has 0 aliphatic carbocycles. The summed E-state index contributed by atoms with van der Waals surface area (Å²) in [5.74, 6) is -1.37. The second-order valence-corrected chi connectivity index (χ2v) is 8.05. The van der Waals surface area contributed by atoms with E-state index in [9.17, 15) is 9.59 Å². The Kier molecular flexibility index (Phi) is 7.63. The van der Waals surface area contributed by atoms with E-state index in [4.69, 9.17) is 23.9 Å². The first-order valence-corrected chi connectivity index (χ1v) is 11.7. The lowest BCUT2D eigenvalue weighted by atomic mass is 9.96. The van der Waals surface area contributed by atoms with Crippen LogP contribution in [-0.4, -0.2) is 49.3 Å². The molecular formula is C28H28N2O6. The molecule has 0 aliphatic rings. The maximum atomic E-state index is 12.5. The lowest BCUT2D eigenvalue weighted by Crippen LogP contribution is -2.30. The van der Waals surface area contributed by atoms with Gasteiger partial charge in [-0.05, 0) is 50.1 Å². The van der Waals surface area contributed by atoms with Crippen molar-refractivity contribution >= 4 is 33.7 Å². The molecule has 2 aromatic heterocycles. The first-order chi connectivity index (χ1) is 17.5. The minimum absolute atomic E-state index is 0.0738. The van der Waals surface area contributed by atoms with Crippen LogP contribution in [0.2, 0.25) is 0 Å². The van der Waals surface area contributed by atoms with Crippen LogP contribution in [0, 0.1) is 5.92 Å². The summed E-state index contributed by atoms with van der Waals surface area (Å²) >= 11 is 0. The third-order valence-corrected chi connectivity index (χ3v) is 5.84. The zero-order valence-electron chi connectivity index (χ0n) is 20.7. The van der Waals surface area contributed by atoms with Crippen LogP contribution < -0.4 is 9.47 Å². The van der Waals surface area contributed by atoms with Gasteiger partial charge in [0.15, 0.2) is 5.92 Å². The number of rotatable bonds is 9. The van der Waals surface area contributed by atoms with E-state index in [2.05, 4.69) is 4.98 Å². The molecule has 0 N–H and O–H groups in total. The molecule has 0 unspecified atom stereocenters. The number of benzene rings is 2. The van der Waals surface area contributed by atoms with Crippen molar-refractivity contribution < 1.29 is 28.5 Å². The van der Waals surface area contributed by atoms with Crippen molar-refractivity contribution in [1.82, 2.24) is 9.97 Å². The van der Waals surface area contributed by atoms with E-state index >= 15 is 0 Å². The van der Waals surface area contributed by atoms with Crippen LogP contribution in [0.1, 0.15) is 19.4 Å². The summed E-state index contributed by atoms with van der Waals surface area (Å²) in [4.78, 5) is 34.4. The highest BCUT2D eigenvalue weighted by Gasteiger charge is 2.30. The van der Waals surface area contributed by atoms with Gasteiger partial charge in [0.1, 0.15) is 11.5 Å². The number of aromatic nitrogens is 2. The van der Waals surface area contributed by atoms with E-state index in [0.29, 0.717) is 28.3 Å². The van der Waals surface area contributed by atoms with Crippen molar-refractivity contribution in [3.05, 3.63) is 60.3 Å². The van der Waals surface area contributed by atoms with Crippen LogP contribution in [0.25, 0.3) is 33.1 Å². The van der Waals surface area contributed by atoms with E-state index in [0.717, 1.165) is 21.8 Å². The number of methoxy groups -OCH3 is 2. The third-order valence-electron chi connectivity index (χ3n) is 5.84. The predicted molar refractivity (Wildman–Crippen MR) is 136 cm³/mol. The molecule has 0 aliphatic heterocycles. The molecule has 0 radical (unpaired) electrons. The van der Waals surface area contributed by atoms with E-state index in [1.165, 1.54) is 0 Å². The van der Waals surface area contributed by atoms with Crippen molar-refractivity contribution in [2.75, 3.05) is 27.4 Å². The highest BCUT2D eigenvalue weighted by molar-refractivity contribution is 6.03. The molecule has 0 atom stereocenters. The van der Waals surface area contributed by atoms with Gasteiger partial charge in [-0.1, -0.05) is 24.3 Å². The lowest BCUT2D eigenvalue weighted by molar-refractivity contribution is -0.161. The minimum Gasteiger partial charge on any atom is -0.496 e. The molecule has 4 aromatic rings. The summed E-state index contributed by atoms with van der Waals surface area (Å²) in [6.45, 7) is 3.71. The smallest absolute Gasteiger partial charge is 0.320 e. The SMILES string of the molecule is CCOC(=O)C(Cc1cc(OC)c(-c2ccc3ccc4cccnc4c3n2)c(OC)c1)C(=O)OCC. The van der Waals surface area contributed by atoms with Gasteiger partial charge in [0.05, 0.1) is 49.7 Å². The Hall–Kier alpha value is -4.20. The van der Waals surface area contributed by atoms with Crippen LogP contribution in [-0.2, 0) is 25.5 Å². The van der Waals surface area contributed by atoms with Gasteiger partial charge in [0, 0.05) is 17.0 Å². The Bertz CT molecular complexity index is 1380. The molecule has 8 heteroatoms. The van der Waals surface area contributed by atoms with Crippen molar-refractivity contribution in [3.63, 3.8) is 0 Å². The normalized spacial score (nSPS) is 11.0. The third kappa shape index (κ3) is 4.93. The average Bonchev–Trinajstić information content (AvgIpc) is 2.90. The molecule has 186 valence electrons. The van der Waals surface area contributed by atoms with Gasteiger partial charge in [-0.15, -0.1) is 0 Å². The Morgan fingerprint density at radius 1 is 0.833 bits per heavy atom. The molecule has 2 aromatic carbocycles. The fourth-order valence-electron chi connectivity index (χ4n) is 4.18. The summed E-state index contributed by atoms with van der Waals surface area (Å²) in [6, 6.07) is 15.3. The largest absolute Gasteiger partial charge is 0.496 e. The summed E-state index contributed by atoms with van der Waals surface area (Å²) in [5, 5.41) is 1.96. The molecule has 0 amide bonds. The van der Waals surface area contributed by atoms with Gasteiger partial charge in [-0.2, -0.15) is 0 Å². The van der Waals surface area contributed by atoms with Gasteiger partial charge in [-0.3, -0.25) is 14.6 Å². The van der Waals surface area contributed by atoms with Gasteiger partial charge >= 0.3 is 11.9 Å². The number of fused-ring (bicyclic) bond motifs is 3. The average molecular weight is 489 g/mol. The van der Waals surface area contributed by atoms with Gasteiger partial charge in [-0.25, -0.2) is 4.98 Å². The number of nitrogens with zero attached hydrogens (tertiary/aromatic N) is 2. The van der Waals surface area contributed by atoms with Crippen molar-refractivity contribution in [2.24, 2.45) is 5.92 Å². The Morgan fingerprint density at radius 3 is 2.00 bits per heavy atom. The molecule has 0 bridgehead atoms. The van der Waals surface area contributed by atoms with Gasteiger partial charge in [0.2, 0.25) is 0 Å². The van der Waals surface area contributed by atoms with Crippen LogP contribution in [0.4, 0.5) is 0 Å². The molecule has 8 nitrogen and oxygen atoms in total. The van der Waals surface area contributed by atoms with Crippen LogP contribution in [0.5, 0.6) is 11.5 Å². The number of esters is 2. The quantitative estimate of drug-likeness (QED) is 0.189. The second kappa shape index (κ2) is 11.0. The predicted octanol–water partition coefficient (Wildman–Crippen LogP) is 4.75. The highest BCUT2D eigenvalue weighted by atomic mass is 16.6. The molecule has 0 saturated heterocycles. The minimum atomic E-state index is -1.10. The van der Waals surface area contributed by atoms with Gasteiger partial charge in [0.25, 0.3) is 0 Å². The Labute approximate surface area is 209 Å². The molecular weight excluding hydrogens is 460 g/mol. The van der Waals surface area contributed by atoms with E-state index < -0.39 is 17.9 Å². The maximum absolute atomic E-state index is 12.5. The topological polar surface area (TPSA) is 96.8 Å². The maximum Gasteiger partial charge on any atom is 0.320 e. The van der Waals surface area contributed by atoms with Crippen molar-refractivity contribution in [2.45, 2.75) is 20.3 Å². The zero-order chi connectivity index (χ0) is 25.7. The zero-order valence-corrected chi connectivity index (χ0v) is 20.7. The molecule has 2 heterocycles. The molecule has 36 heavy (non-hydrogen) atoms. The Morgan fingerprint density at radius 2 is 1.42 bits per heavy atom. The summed E-state index contributed by atoms with van der Waals surface area (Å²) in [7, 11) is 3.10. The summed E-state index contributed by atoms with van der Waals surface area (Å²) in [5.41, 5.74) is 3.53. The van der Waals surface area contributed by atoms with Gasteiger partial charge < -0.3 is 18.9 Å². The number of ether oxygens (including phenoxy) is 4. The molecule has 0 spiro atoms. The monoisotopic (exact) mass is 488 g/mol. The Balaban J connectivity index is 1.80. The van der Waals surface area contributed by atoms with Crippen molar-refractivity contribution in [1.29, 1.82) is 0 Å². The number of carbonyl (C=O) groups excluding carboxylic acids is 2. The first kappa shape index (κ1) is 24.9. The van der Waals surface area contributed by atoms with Crippen LogP contribution in [0.15, 0.2) is 54.7 Å². The standard InChI is InChI=1S/C28H28N2O6/c1-5-35-27(31)20(28(32)36-6-2)14-17-15-22(33-3)24(23(16-17)34-4)21-12-11-19-10-9-18-8-7-13-29-25(18)26(19)30-21/h7-13,15-16,20H,5-6,14H2,1-4H3. The number of hydrogen-bond acceptors (Lipinski definition) is 8. The lowest BCUT2D eigenvalue weighted by Gasteiger charge is -2.18. The fourth-order valence-corrected chi connectivity index (χ4v) is 4.18. The van der Waals surface area contributed by atoms with E-state index in [1.54, 1.807) is 46.4 Å². The molecule has 0 fully saturated rings. The summed E-state index contributed by atoms with van der Waals surface area (Å²) in [6.07, 6.45) is 1.82. The second-order valence-electron chi connectivity index (χ2n) is 8.05. The van der Waals surface area contributed by atoms with Crippen LogP contribution >= 0.6 is 0 Å².